The molecule has 2 aromatic rings. The Morgan fingerprint density at radius 1 is 1.44 bits per heavy atom. The molecule has 0 saturated carbocycles. The third-order valence-electron chi connectivity index (χ3n) is 2.41. The van der Waals surface area contributed by atoms with Crippen LogP contribution in [0.5, 0.6) is 0 Å². The highest BCUT2D eigenvalue weighted by molar-refractivity contribution is 6.31. The Morgan fingerprint density at radius 3 is 2.94 bits per heavy atom. The number of fused-ring (bicyclic) bond motifs is 1. The molecule has 0 fully saturated rings. The zero-order valence-electron chi connectivity index (χ0n) is 9.07. The Bertz CT molecular complexity index is 547. The lowest BCUT2D eigenvalue weighted by molar-refractivity contribution is 1.21. The van der Waals surface area contributed by atoms with Crippen LogP contribution in [0.15, 0.2) is 36.4 Å². The standard InChI is InChI=1S/C13H13ClN2/c1-2-5-11(15)10-8-9-6-3-4-7-12(9)16-13(10)14/h3-8H,2,15H2,1H3/b11-5+. The van der Waals surface area contributed by atoms with E-state index in [0.717, 1.165) is 22.9 Å². The molecule has 0 aliphatic rings. The molecule has 0 spiro atoms. The number of allylic oxidation sites excluding steroid dienone is 1. The van der Waals surface area contributed by atoms with Gasteiger partial charge in [-0.1, -0.05) is 42.8 Å². The smallest absolute Gasteiger partial charge is 0.139 e. The number of hydrogen-bond donors (Lipinski definition) is 1. The van der Waals surface area contributed by atoms with E-state index in [-0.39, 0.29) is 0 Å². The second-order valence-electron chi connectivity index (χ2n) is 3.59. The van der Waals surface area contributed by atoms with E-state index < -0.39 is 0 Å². The number of para-hydroxylation sites is 1. The first kappa shape index (κ1) is 11.0. The van der Waals surface area contributed by atoms with E-state index in [0.29, 0.717) is 10.9 Å². The van der Waals surface area contributed by atoms with Crippen LogP contribution in [-0.4, -0.2) is 4.98 Å². The van der Waals surface area contributed by atoms with Gasteiger partial charge in [0.2, 0.25) is 0 Å². The van der Waals surface area contributed by atoms with Crippen molar-refractivity contribution in [1.29, 1.82) is 0 Å². The molecular weight excluding hydrogens is 220 g/mol. The van der Waals surface area contributed by atoms with Crippen LogP contribution in [0.4, 0.5) is 0 Å². The molecule has 16 heavy (non-hydrogen) atoms. The van der Waals surface area contributed by atoms with Gasteiger partial charge in [-0.3, -0.25) is 0 Å². The van der Waals surface area contributed by atoms with Crippen molar-refractivity contribution >= 4 is 28.2 Å². The summed E-state index contributed by atoms with van der Waals surface area (Å²) >= 11 is 6.10. The first-order chi connectivity index (χ1) is 7.72. The van der Waals surface area contributed by atoms with E-state index in [1.165, 1.54) is 0 Å². The Hall–Kier alpha value is -1.54. The van der Waals surface area contributed by atoms with Crippen molar-refractivity contribution in [3.05, 3.63) is 47.1 Å². The molecule has 0 aliphatic carbocycles. The topological polar surface area (TPSA) is 38.9 Å². The van der Waals surface area contributed by atoms with Crippen LogP contribution in [0.3, 0.4) is 0 Å². The Kier molecular flexibility index (Phi) is 3.11. The SMILES string of the molecule is CC/C=C(/N)c1cc2ccccc2nc1Cl. The minimum absolute atomic E-state index is 0.459. The molecule has 3 heteroatoms. The van der Waals surface area contributed by atoms with E-state index in [9.17, 15) is 0 Å². The van der Waals surface area contributed by atoms with Crippen LogP contribution in [0.2, 0.25) is 5.15 Å². The van der Waals surface area contributed by atoms with Gasteiger partial charge in [0.05, 0.1) is 5.52 Å². The van der Waals surface area contributed by atoms with E-state index in [4.69, 9.17) is 17.3 Å². The van der Waals surface area contributed by atoms with Gasteiger partial charge in [0.1, 0.15) is 5.15 Å². The van der Waals surface area contributed by atoms with Crippen molar-refractivity contribution in [3.63, 3.8) is 0 Å². The predicted octanol–water partition coefficient (Wildman–Crippen LogP) is 3.60. The zero-order chi connectivity index (χ0) is 11.5. The largest absolute Gasteiger partial charge is 0.398 e. The van der Waals surface area contributed by atoms with E-state index in [1.807, 2.05) is 43.3 Å². The molecule has 1 heterocycles. The summed E-state index contributed by atoms with van der Waals surface area (Å²) in [4.78, 5) is 4.32. The summed E-state index contributed by atoms with van der Waals surface area (Å²) in [5, 5.41) is 1.51. The van der Waals surface area contributed by atoms with Crippen molar-refractivity contribution in [1.82, 2.24) is 4.98 Å². The third kappa shape index (κ3) is 2.02. The molecule has 2 nitrogen and oxygen atoms in total. The van der Waals surface area contributed by atoms with Gasteiger partial charge in [-0.2, -0.15) is 0 Å². The Labute approximate surface area is 99.7 Å². The summed E-state index contributed by atoms with van der Waals surface area (Å²) in [6.45, 7) is 2.04. The van der Waals surface area contributed by atoms with Crippen LogP contribution < -0.4 is 5.73 Å². The number of aromatic nitrogens is 1. The molecule has 0 amide bonds. The number of hydrogen-bond acceptors (Lipinski definition) is 2. The van der Waals surface area contributed by atoms with E-state index in [2.05, 4.69) is 4.98 Å². The van der Waals surface area contributed by atoms with Crippen LogP contribution in [0.25, 0.3) is 16.6 Å². The highest BCUT2D eigenvalue weighted by Crippen LogP contribution is 2.24. The van der Waals surface area contributed by atoms with Crippen molar-refractivity contribution in [2.24, 2.45) is 5.73 Å². The molecule has 1 aromatic carbocycles. The van der Waals surface area contributed by atoms with Gasteiger partial charge in [-0.05, 0) is 18.6 Å². The van der Waals surface area contributed by atoms with Crippen molar-refractivity contribution in [2.75, 3.05) is 0 Å². The van der Waals surface area contributed by atoms with Gasteiger partial charge in [0.25, 0.3) is 0 Å². The van der Waals surface area contributed by atoms with E-state index >= 15 is 0 Å². The maximum atomic E-state index is 6.10. The molecule has 0 atom stereocenters. The summed E-state index contributed by atoms with van der Waals surface area (Å²) in [5.41, 5.74) is 8.32. The summed E-state index contributed by atoms with van der Waals surface area (Å²) in [6, 6.07) is 9.83. The zero-order valence-corrected chi connectivity index (χ0v) is 9.83. The van der Waals surface area contributed by atoms with Gasteiger partial charge in [0.15, 0.2) is 0 Å². The van der Waals surface area contributed by atoms with Crippen molar-refractivity contribution in [2.45, 2.75) is 13.3 Å². The highest BCUT2D eigenvalue weighted by Gasteiger charge is 2.06. The number of pyridine rings is 1. The second kappa shape index (κ2) is 4.54. The molecular formula is C13H13ClN2. The van der Waals surface area contributed by atoms with Crippen LogP contribution >= 0.6 is 11.6 Å². The van der Waals surface area contributed by atoms with Gasteiger partial charge in [-0.15, -0.1) is 0 Å². The number of benzene rings is 1. The van der Waals surface area contributed by atoms with E-state index in [1.54, 1.807) is 0 Å². The number of nitrogens with zero attached hydrogens (tertiary/aromatic N) is 1. The molecule has 0 aliphatic heterocycles. The minimum Gasteiger partial charge on any atom is -0.398 e. The van der Waals surface area contributed by atoms with Crippen molar-refractivity contribution < 1.29 is 0 Å². The molecule has 1 aromatic heterocycles. The fourth-order valence-corrected chi connectivity index (χ4v) is 1.88. The molecule has 2 N–H and O–H groups in total. The average Bonchev–Trinajstić information content (AvgIpc) is 2.28. The van der Waals surface area contributed by atoms with Gasteiger partial charge in [-0.25, -0.2) is 4.98 Å². The number of nitrogens with two attached hydrogens (primary N) is 1. The fourth-order valence-electron chi connectivity index (χ4n) is 1.62. The quantitative estimate of drug-likeness (QED) is 0.804. The van der Waals surface area contributed by atoms with Crippen LogP contribution in [0, 0.1) is 0 Å². The summed E-state index contributed by atoms with van der Waals surface area (Å²) in [5.74, 6) is 0. The first-order valence-corrected chi connectivity index (χ1v) is 5.61. The monoisotopic (exact) mass is 232 g/mol. The maximum absolute atomic E-state index is 6.10. The average molecular weight is 233 g/mol. The second-order valence-corrected chi connectivity index (χ2v) is 3.95. The Morgan fingerprint density at radius 2 is 2.19 bits per heavy atom. The summed E-state index contributed by atoms with van der Waals surface area (Å²) in [7, 11) is 0. The number of rotatable bonds is 2. The van der Waals surface area contributed by atoms with Crippen molar-refractivity contribution in [3.8, 4) is 0 Å². The highest BCUT2D eigenvalue weighted by atomic mass is 35.5. The molecule has 0 unspecified atom stereocenters. The minimum atomic E-state index is 0.459. The normalized spacial score (nSPS) is 12.0. The van der Waals surface area contributed by atoms with Gasteiger partial charge >= 0.3 is 0 Å². The molecule has 2 rings (SSSR count). The Balaban J connectivity index is 2.63. The first-order valence-electron chi connectivity index (χ1n) is 5.23. The number of halogens is 1. The summed E-state index contributed by atoms with van der Waals surface area (Å²) in [6.07, 6.45) is 2.83. The fraction of sp³-hybridized carbons (Fsp3) is 0.154. The third-order valence-corrected chi connectivity index (χ3v) is 2.70. The molecule has 82 valence electrons. The lowest BCUT2D eigenvalue weighted by Gasteiger charge is -2.06. The lowest BCUT2D eigenvalue weighted by atomic mass is 10.1. The molecule has 0 bridgehead atoms. The predicted molar refractivity (Wildman–Crippen MR) is 69.2 cm³/mol. The summed E-state index contributed by atoms with van der Waals surface area (Å²) < 4.78 is 0. The molecule has 0 radical (unpaired) electrons. The van der Waals surface area contributed by atoms with Crippen LogP contribution in [-0.2, 0) is 0 Å². The lowest BCUT2D eigenvalue weighted by Crippen LogP contribution is -1.98. The van der Waals surface area contributed by atoms with Crippen LogP contribution in [0.1, 0.15) is 18.9 Å². The van der Waals surface area contributed by atoms with Gasteiger partial charge in [0, 0.05) is 16.6 Å². The van der Waals surface area contributed by atoms with Gasteiger partial charge < -0.3 is 5.73 Å². The maximum Gasteiger partial charge on any atom is 0.139 e. The molecule has 0 saturated heterocycles.